The van der Waals surface area contributed by atoms with E-state index in [0.29, 0.717) is 30.7 Å². The average Bonchev–Trinajstić information content (AvgIpc) is 3.53. The van der Waals surface area contributed by atoms with Crippen LogP contribution in [0.3, 0.4) is 0 Å². The molecular formula is C65H87Cl3FN3O2. The lowest BCUT2D eigenvalue weighted by Crippen LogP contribution is -2.40. The van der Waals surface area contributed by atoms with Crippen LogP contribution in [0.15, 0.2) is 90.7 Å². The zero-order chi connectivity index (χ0) is 53.7. The standard InChI is InChI=1S/C22H25ClN2.C16H20ClF.C15H19Cl.C12H23NO2/c1-15(2)25-12-9-16(10-13-25)21-20-8-7-19(23)14-18(20)6-5-17-4-3-11-24-22(17)21;1-11(2)14-5-4-13(17)10-15(14)12-6-8-16(3,18)9-7-12;1-11(2)14-9-8-13(16)10-15(14)12-6-4-3-5-7-12;1-9(2)11-5-7-13(8-6-11)12(14)15-10(3)4/h3-4,7-8,11,14-15H,5-6,9-10,12-13H2,1-2H3;4-6,10-11H,7-9H2,1-3H3;6,8-11H,3-5,7H2,1-2H3;9-11H,5-8H2,1-4H3. The summed E-state index contributed by atoms with van der Waals surface area (Å²) in [5.41, 5.74) is 15.2. The first-order chi connectivity index (χ1) is 35.2. The Morgan fingerprint density at radius 1 is 0.676 bits per heavy atom. The molecule has 3 aliphatic carbocycles. The van der Waals surface area contributed by atoms with E-state index in [9.17, 15) is 9.18 Å². The Kier molecular flexibility index (Phi) is 22.4. The van der Waals surface area contributed by atoms with Crippen molar-refractivity contribution in [2.45, 2.75) is 189 Å². The smallest absolute Gasteiger partial charge is 0.410 e. The van der Waals surface area contributed by atoms with Crippen LogP contribution in [0.5, 0.6) is 0 Å². The summed E-state index contributed by atoms with van der Waals surface area (Å²) in [5, 5.41) is 2.44. The highest BCUT2D eigenvalue weighted by atomic mass is 35.5. The number of amides is 1. The van der Waals surface area contributed by atoms with E-state index < -0.39 is 5.67 Å². The summed E-state index contributed by atoms with van der Waals surface area (Å²) in [6.45, 7) is 27.4. The number of hydrogen-bond acceptors (Lipinski definition) is 4. The van der Waals surface area contributed by atoms with Gasteiger partial charge in [0.05, 0.1) is 11.8 Å². The molecule has 4 aromatic rings. The van der Waals surface area contributed by atoms with Gasteiger partial charge in [-0.05, 0) is 234 Å². The fourth-order valence-corrected chi connectivity index (χ4v) is 11.6. The van der Waals surface area contributed by atoms with Crippen LogP contribution in [0.1, 0.15) is 203 Å². The van der Waals surface area contributed by atoms with E-state index in [2.05, 4.69) is 109 Å². The number of fused-ring (bicyclic) bond motifs is 2. The van der Waals surface area contributed by atoms with Crippen LogP contribution in [0.2, 0.25) is 15.1 Å². The summed E-state index contributed by atoms with van der Waals surface area (Å²) in [5.74, 6) is 2.52. The molecule has 9 rings (SSSR count). The number of nitrogens with zero attached hydrogens (tertiary/aromatic N) is 3. The lowest BCUT2D eigenvalue weighted by atomic mass is 9.83. The number of benzene rings is 3. The van der Waals surface area contributed by atoms with Gasteiger partial charge in [0.2, 0.25) is 0 Å². The maximum atomic E-state index is 13.8. The summed E-state index contributed by atoms with van der Waals surface area (Å²) in [7, 11) is 0. The monoisotopic (exact) mass is 1070 g/mol. The molecule has 1 aromatic heterocycles. The summed E-state index contributed by atoms with van der Waals surface area (Å²) in [6.07, 6.45) is 19.7. The van der Waals surface area contributed by atoms with Crippen LogP contribution in [0.4, 0.5) is 9.18 Å². The van der Waals surface area contributed by atoms with Crippen molar-refractivity contribution in [3.05, 3.63) is 150 Å². The molecule has 2 saturated heterocycles. The fourth-order valence-electron chi connectivity index (χ4n) is 11.1. The minimum atomic E-state index is -1.04. The van der Waals surface area contributed by atoms with Gasteiger partial charge in [0.1, 0.15) is 5.67 Å². The van der Waals surface area contributed by atoms with E-state index in [1.165, 1.54) is 87.0 Å². The topological polar surface area (TPSA) is 45.7 Å². The van der Waals surface area contributed by atoms with Crippen molar-refractivity contribution in [2.75, 3.05) is 26.2 Å². The molecule has 2 fully saturated rings. The van der Waals surface area contributed by atoms with Crippen LogP contribution in [0.25, 0.3) is 16.7 Å². The van der Waals surface area contributed by atoms with Crippen molar-refractivity contribution < 1.29 is 13.9 Å². The first kappa shape index (κ1) is 59.3. The molecule has 0 N–H and O–H groups in total. The summed E-state index contributed by atoms with van der Waals surface area (Å²) in [4.78, 5) is 20.8. The van der Waals surface area contributed by atoms with Crippen LogP contribution >= 0.6 is 34.8 Å². The second-order valence-corrected chi connectivity index (χ2v) is 24.3. The second-order valence-electron chi connectivity index (χ2n) is 23.0. The van der Waals surface area contributed by atoms with E-state index >= 15 is 0 Å². The maximum Gasteiger partial charge on any atom is 0.410 e. The quantitative estimate of drug-likeness (QED) is 0.185. The third kappa shape index (κ3) is 16.8. The van der Waals surface area contributed by atoms with E-state index in [1.807, 2.05) is 55.3 Å². The number of carbonyl (C=O) groups excluding carboxylic acids is 1. The minimum Gasteiger partial charge on any atom is -0.447 e. The Morgan fingerprint density at radius 3 is 1.78 bits per heavy atom. The van der Waals surface area contributed by atoms with Gasteiger partial charge in [-0.2, -0.15) is 0 Å². The van der Waals surface area contributed by atoms with Gasteiger partial charge in [0.15, 0.2) is 0 Å². The van der Waals surface area contributed by atoms with Gasteiger partial charge < -0.3 is 14.5 Å². The zero-order valence-corrected chi connectivity index (χ0v) is 49.0. The van der Waals surface area contributed by atoms with Gasteiger partial charge in [-0.15, -0.1) is 0 Å². The fraction of sp³-hybridized carbons (Fsp3) is 0.538. The summed E-state index contributed by atoms with van der Waals surface area (Å²) < 4.78 is 19.0. The van der Waals surface area contributed by atoms with Crippen molar-refractivity contribution in [1.29, 1.82) is 0 Å². The number of halogens is 4. The molecule has 5 nitrogen and oxygen atoms in total. The molecular weight excluding hydrogens is 980 g/mol. The molecule has 1 unspecified atom stereocenters. The molecule has 3 heterocycles. The predicted molar refractivity (Wildman–Crippen MR) is 315 cm³/mol. The molecule has 1 amide bonds. The van der Waals surface area contributed by atoms with Crippen molar-refractivity contribution in [1.82, 2.24) is 14.8 Å². The van der Waals surface area contributed by atoms with Crippen LogP contribution in [-0.2, 0) is 17.6 Å². The summed E-state index contributed by atoms with van der Waals surface area (Å²) >= 11 is 18.5. The first-order valence-electron chi connectivity index (χ1n) is 28.0. The van der Waals surface area contributed by atoms with Gasteiger partial charge in [0, 0.05) is 59.1 Å². The number of allylic oxidation sites excluding steroid dienone is 4. The third-order valence-corrected chi connectivity index (χ3v) is 16.3. The first-order valence-corrected chi connectivity index (χ1v) is 29.2. The number of rotatable bonds is 7. The zero-order valence-electron chi connectivity index (χ0n) is 46.7. The van der Waals surface area contributed by atoms with Crippen LogP contribution < -0.4 is 0 Å². The molecule has 74 heavy (non-hydrogen) atoms. The number of alkyl halides is 1. The number of ether oxygens (including phenoxy) is 1. The highest BCUT2D eigenvalue weighted by molar-refractivity contribution is 6.31. The van der Waals surface area contributed by atoms with Crippen molar-refractivity contribution >= 4 is 57.6 Å². The largest absolute Gasteiger partial charge is 0.447 e. The number of pyridine rings is 1. The molecule has 0 saturated carbocycles. The number of aromatic nitrogens is 1. The molecule has 0 bridgehead atoms. The molecule has 9 heteroatoms. The number of aryl methyl sites for hydroxylation is 2. The summed E-state index contributed by atoms with van der Waals surface area (Å²) in [6, 6.07) is 23.7. The van der Waals surface area contributed by atoms with Crippen LogP contribution in [0, 0.1) is 11.8 Å². The van der Waals surface area contributed by atoms with E-state index in [4.69, 9.17) is 44.5 Å². The van der Waals surface area contributed by atoms with Gasteiger partial charge in [-0.3, -0.25) is 4.98 Å². The number of likely N-dealkylation sites (tertiary alicyclic amines) is 2. The molecule has 0 spiro atoms. The Hall–Kier alpha value is -3.94. The Bertz CT molecular complexity index is 2570. The van der Waals surface area contributed by atoms with Gasteiger partial charge in [-0.1, -0.05) is 118 Å². The highest BCUT2D eigenvalue weighted by Gasteiger charge is 2.29. The number of carbonyl (C=O) groups is 1. The van der Waals surface area contributed by atoms with Gasteiger partial charge >= 0.3 is 6.09 Å². The lowest BCUT2D eigenvalue weighted by Gasteiger charge is -2.33. The van der Waals surface area contributed by atoms with E-state index in [-0.39, 0.29) is 12.2 Å². The second kappa shape index (κ2) is 27.9. The molecule has 0 radical (unpaired) electrons. The van der Waals surface area contributed by atoms with Crippen molar-refractivity contribution in [3.63, 3.8) is 0 Å². The SMILES string of the molecule is CC(C)N1CCC(=C2c3ccc(Cl)cc3CCc3cccnc32)CC1.CC(C)OC(=O)N1CCC(C(C)C)CC1.CC(C)c1ccc(Cl)cc1C1=CCC(C)(F)CC1.CC(C)c1ccc(Cl)cc1C1=CCCCC1. The molecule has 5 aliphatic rings. The molecule has 1 atom stereocenters. The van der Waals surface area contributed by atoms with Gasteiger partial charge in [0.25, 0.3) is 0 Å². The average molecular weight is 1070 g/mol. The molecule has 402 valence electrons. The third-order valence-electron chi connectivity index (χ3n) is 15.6. The maximum absolute atomic E-state index is 13.8. The highest BCUT2D eigenvalue weighted by Crippen LogP contribution is 2.41. The normalized spacial score (nSPS) is 19.3. The van der Waals surface area contributed by atoms with E-state index in [1.54, 1.807) is 12.5 Å². The lowest BCUT2D eigenvalue weighted by molar-refractivity contribution is 0.0617. The Balaban J connectivity index is 0.000000165. The molecule has 2 aliphatic heterocycles. The van der Waals surface area contributed by atoms with E-state index in [0.717, 1.165) is 98.0 Å². The van der Waals surface area contributed by atoms with Gasteiger partial charge in [-0.25, -0.2) is 9.18 Å². The van der Waals surface area contributed by atoms with Crippen LogP contribution in [-0.4, -0.2) is 64.9 Å². The number of piperidine rings is 2. The number of hydrogen-bond donors (Lipinski definition) is 0. The minimum absolute atomic E-state index is 0.0136. The Labute approximate surface area is 461 Å². The van der Waals surface area contributed by atoms with Crippen molar-refractivity contribution in [3.8, 4) is 0 Å². The predicted octanol–water partition coefficient (Wildman–Crippen LogP) is 19.2. The van der Waals surface area contributed by atoms with Crippen molar-refractivity contribution in [2.24, 2.45) is 11.8 Å². The molecule has 3 aromatic carbocycles. The Morgan fingerprint density at radius 2 is 1.26 bits per heavy atom.